The molecule has 138 valence electrons. The van der Waals surface area contributed by atoms with Crippen molar-refractivity contribution in [3.63, 3.8) is 0 Å². The minimum atomic E-state index is -0.853. The standard InChI is InChI=1S/C23H22FNO2/c1-23(2)11-19(26)22(20(27)12-23)21(15-8-3-5-9-17(15)24)16-13-25-18-10-6-4-7-14(16)18/h3-10,13,21-22,25H,11-12H2,1-2H3. The molecule has 0 amide bonds. The smallest absolute Gasteiger partial charge is 0.144 e. The van der Waals surface area contributed by atoms with Crippen molar-refractivity contribution in [1.29, 1.82) is 0 Å². The molecule has 1 unspecified atom stereocenters. The van der Waals surface area contributed by atoms with Gasteiger partial charge in [-0.2, -0.15) is 0 Å². The molecule has 1 aliphatic carbocycles. The lowest BCUT2D eigenvalue weighted by molar-refractivity contribution is -0.140. The van der Waals surface area contributed by atoms with Crippen molar-refractivity contribution in [3.05, 3.63) is 71.7 Å². The van der Waals surface area contributed by atoms with Gasteiger partial charge in [0.25, 0.3) is 0 Å². The van der Waals surface area contributed by atoms with Crippen LogP contribution >= 0.6 is 0 Å². The Morgan fingerprint density at radius 2 is 1.59 bits per heavy atom. The first-order valence-corrected chi connectivity index (χ1v) is 9.23. The number of carbonyl (C=O) groups is 2. The molecule has 1 heterocycles. The van der Waals surface area contributed by atoms with Gasteiger partial charge in [-0.3, -0.25) is 9.59 Å². The Balaban J connectivity index is 1.91. The number of aromatic nitrogens is 1. The topological polar surface area (TPSA) is 49.9 Å². The van der Waals surface area contributed by atoms with E-state index in [2.05, 4.69) is 4.98 Å². The maximum absolute atomic E-state index is 14.8. The minimum absolute atomic E-state index is 0.102. The second kappa shape index (κ2) is 6.45. The number of hydrogen-bond donors (Lipinski definition) is 1. The molecule has 2 aromatic carbocycles. The molecule has 1 saturated carbocycles. The quantitative estimate of drug-likeness (QED) is 0.665. The van der Waals surface area contributed by atoms with E-state index in [1.165, 1.54) is 6.07 Å². The number of halogens is 1. The van der Waals surface area contributed by atoms with Crippen LogP contribution in [0.4, 0.5) is 4.39 Å². The third-order valence-electron chi connectivity index (χ3n) is 5.53. The van der Waals surface area contributed by atoms with Gasteiger partial charge in [0.15, 0.2) is 0 Å². The Morgan fingerprint density at radius 3 is 2.30 bits per heavy atom. The van der Waals surface area contributed by atoms with Crippen molar-refractivity contribution in [2.24, 2.45) is 11.3 Å². The number of rotatable bonds is 3. The van der Waals surface area contributed by atoms with E-state index in [-0.39, 0.29) is 17.0 Å². The molecule has 3 aromatic rings. The highest BCUT2D eigenvalue weighted by Crippen LogP contribution is 2.44. The fourth-order valence-electron chi connectivity index (χ4n) is 4.38. The number of nitrogens with one attached hydrogen (secondary N) is 1. The second-order valence-corrected chi connectivity index (χ2v) is 8.22. The summed E-state index contributed by atoms with van der Waals surface area (Å²) in [5, 5.41) is 0.913. The SMILES string of the molecule is CC1(C)CC(=O)C(C(c2ccccc2F)c2c[nH]c3ccccc23)C(=O)C1. The largest absolute Gasteiger partial charge is 0.361 e. The van der Waals surface area contributed by atoms with E-state index in [0.29, 0.717) is 18.4 Å². The Bertz CT molecular complexity index is 1010. The fourth-order valence-corrected chi connectivity index (χ4v) is 4.38. The molecule has 1 aliphatic rings. The van der Waals surface area contributed by atoms with E-state index in [4.69, 9.17) is 0 Å². The Kier molecular flexibility index (Phi) is 4.22. The molecule has 3 nitrogen and oxygen atoms in total. The first-order chi connectivity index (χ1) is 12.9. The molecule has 0 bridgehead atoms. The highest BCUT2D eigenvalue weighted by Gasteiger charge is 2.45. The van der Waals surface area contributed by atoms with E-state index in [9.17, 15) is 14.0 Å². The van der Waals surface area contributed by atoms with Crippen molar-refractivity contribution in [2.75, 3.05) is 0 Å². The summed E-state index contributed by atoms with van der Waals surface area (Å²) < 4.78 is 14.8. The molecule has 0 spiro atoms. The highest BCUT2D eigenvalue weighted by atomic mass is 19.1. The monoisotopic (exact) mass is 363 g/mol. The maximum atomic E-state index is 14.8. The zero-order chi connectivity index (χ0) is 19.2. The Labute approximate surface area is 157 Å². The van der Waals surface area contributed by atoms with Gasteiger partial charge in [-0.1, -0.05) is 50.2 Å². The Morgan fingerprint density at radius 1 is 0.963 bits per heavy atom. The zero-order valence-corrected chi connectivity index (χ0v) is 15.5. The predicted octanol–water partition coefficient (Wildman–Crippen LogP) is 5.01. The molecule has 0 radical (unpaired) electrons. The minimum Gasteiger partial charge on any atom is -0.361 e. The van der Waals surface area contributed by atoms with E-state index >= 15 is 0 Å². The Hall–Kier alpha value is -2.75. The van der Waals surface area contributed by atoms with Crippen molar-refractivity contribution in [2.45, 2.75) is 32.6 Å². The fraction of sp³-hybridized carbons (Fsp3) is 0.304. The van der Waals surface area contributed by atoms with Crippen LogP contribution in [0.2, 0.25) is 0 Å². The predicted molar refractivity (Wildman–Crippen MR) is 103 cm³/mol. The first-order valence-electron chi connectivity index (χ1n) is 9.23. The van der Waals surface area contributed by atoms with Gasteiger partial charge in [0.2, 0.25) is 0 Å². The lowest BCUT2D eigenvalue weighted by atomic mass is 9.65. The van der Waals surface area contributed by atoms with E-state index in [1.54, 1.807) is 18.2 Å². The first kappa shape index (κ1) is 17.7. The third-order valence-corrected chi connectivity index (χ3v) is 5.53. The lowest BCUT2D eigenvalue weighted by Crippen LogP contribution is -2.41. The molecule has 1 fully saturated rings. The number of benzene rings is 2. The van der Waals surface area contributed by atoms with Crippen LogP contribution in [0.3, 0.4) is 0 Å². The average Bonchev–Trinajstić information content (AvgIpc) is 3.02. The van der Waals surface area contributed by atoms with Gasteiger partial charge in [0.1, 0.15) is 17.4 Å². The van der Waals surface area contributed by atoms with Gasteiger partial charge >= 0.3 is 0 Å². The van der Waals surface area contributed by atoms with Crippen LogP contribution in [0.1, 0.15) is 43.7 Å². The normalized spacial score (nSPS) is 18.8. The van der Waals surface area contributed by atoms with E-state index < -0.39 is 17.7 Å². The summed E-state index contributed by atoms with van der Waals surface area (Å²) in [6.07, 6.45) is 2.47. The van der Waals surface area contributed by atoms with Crippen molar-refractivity contribution in [3.8, 4) is 0 Å². The molecular weight excluding hydrogens is 341 g/mol. The van der Waals surface area contributed by atoms with Crippen LogP contribution in [0.15, 0.2) is 54.7 Å². The molecule has 1 atom stereocenters. The number of fused-ring (bicyclic) bond motifs is 1. The summed E-state index contributed by atoms with van der Waals surface area (Å²) in [5.41, 5.74) is 1.76. The van der Waals surface area contributed by atoms with Crippen LogP contribution in [-0.4, -0.2) is 16.6 Å². The number of hydrogen-bond acceptors (Lipinski definition) is 2. The van der Waals surface area contributed by atoms with Gasteiger partial charge in [0, 0.05) is 35.9 Å². The van der Waals surface area contributed by atoms with Gasteiger partial charge in [-0.05, 0) is 28.7 Å². The summed E-state index contributed by atoms with van der Waals surface area (Å²) in [5.74, 6) is -2.07. The molecule has 0 aliphatic heterocycles. The van der Waals surface area contributed by atoms with Crippen LogP contribution in [0.25, 0.3) is 10.9 Å². The summed E-state index contributed by atoms with van der Waals surface area (Å²) in [4.78, 5) is 29.2. The number of H-pyrrole nitrogens is 1. The average molecular weight is 363 g/mol. The summed E-state index contributed by atoms with van der Waals surface area (Å²) in [6, 6.07) is 14.1. The van der Waals surface area contributed by atoms with Crippen LogP contribution in [0, 0.1) is 17.2 Å². The molecule has 27 heavy (non-hydrogen) atoms. The number of carbonyl (C=O) groups excluding carboxylic acids is 2. The van der Waals surface area contributed by atoms with E-state index in [0.717, 1.165) is 16.5 Å². The van der Waals surface area contributed by atoms with Gasteiger partial charge in [-0.25, -0.2) is 4.39 Å². The molecule has 1 N–H and O–H groups in total. The van der Waals surface area contributed by atoms with Crippen LogP contribution in [0.5, 0.6) is 0 Å². The summed E-state index contributed by atoms with van der Waals surface area (Å²) >= 11 is 0. The second-order valence-electron chi connectivity index (χ2n) is 8.22. The van der Waals surface area contributed by atoms with Gasteiger partial charge in [-0.15, -0.1) is 0 Å². The molecule has 0 saturated heterocycles. The highest BCUT2D eigenvalue weighted by molar-refractivity contribution is 6.07. The van der Waals surface area contributed by atoms with Gasteiger partial charge in [0.05, 0.1) is 5.92 Å². The lowest BCUT2D eigenvalue weighted by Gasteiger charge is -2.36. The van der Waals surface area contributed by atoms with Crippen LogP contribution < -0.4 is 0 Å². The van der Waals surface area contributed by atoms with Gasteiger partial charge < -0.3 is 4.98 Å². The molecular formula is C23H22FNO2. The molecule has 4 rings (SSSR count). The van der Waals surface area contributed by atoms with Crippen molar-refractivity contribution in [1.82, 2.24) is 4.98 Å². The number of ketones is 2. The number of Topliss-reactive ketones (excluding diaryl/α,β-unsaturated/α-hetero) is 2. The van der Waals surface area contributed by atoms with Crippen LogP contribution in [-0.2, 0) is 9.59 Å². The third kappa shape index (κ3) is 3.09. The van der Waals surface area contributed by atoms with Crippen molar-refractivity contribution < 1.29 is 14.0 Å². The van der Waals surface area contributed by atoms with Crippen molar-refractivity contribution >= 4 is 22.5 Å². The van der Waals surface area contributed by atoms with E-state index in [1.807, 2.05) is 44.3 Å². The zero-order valence-electron chi connectivity index (χ0n) is 15.5. The molecule has 1 aromatic heterocycles. The number of aromatic amines is 1. The molecule has 4 heteroatoms. The summed E-state index contributed by atoms with van der Waals surface area (Å²) in [7, 11) is 0. The number of para-hydroxylation sites is 1. The maximum Gasteiger partial charge on any atom is 0.144 e. The summed E-state index contributed by atoms with van der Waals surface area (Å²) in [6.45, 7) is 3.87.